The normalized spacial score (nSPS) is 11.8. The maximum Gasteiger partial charge on any atom is 0.416 e. The van der Waals surface area contributed by atoms with Gasteiger partial charge in [-0.25, -0.2) is 4.79 Å². The van der Waals surface area contributed by atoms with Crippen molar-refractivity contribution in [2.24, 2.45) is 0 Å². The van der Waals surface area contributed by atoms with E-state index in [0.29, 0.717) is 24.8 Å². The van der Waals surface area contributed by atoms with Crippen LogP contribution in [-0.4, -0.2) is 58.6 Å². The van der Waals surface area contributed by atoms with E-state index in [9.17, 15) is 26.4 Å². The van der Waals surface area contributed by atoms with Crippen molar-refractivity contribution in [3.8, 4) is 5.75 Å². The minimum atomic E-state index is -4.67. The first kappa shape index (κ1) is 24.5. The summed E-state index contributed by atoms with van der Waals surface area (Å²) >= 11 is 0. The predicted molar refractivity (Wildman–Crippen MR) is 107 cm³/mol. The second kappa shape index (κ2) is 10.0. The van der Waals surface area contributed by atoms with Gasteiger partial charge in [0.1, 0.15) is 10.6 Å². The molecule has 7 nitrogen and oxygen atoms in total. The van der Waals surface area contributed by atoms with Crippen molar-refractivity contribution in [2.75, 3.05) is 34.4 Å². The third-order valence-corrected chi connectivity index (χ3v) is 5.41. The summed E-state index contributed by atoms with van der Waals surface area (Å²) in [5.41, 5.74) is -0.385. The Hall–Kier alpha value is -2.79. The molecular weight excluding hydrogens is 437 g/mol. The Morgan fingerprint density at radius 3 is 2.26 bits per heavy atom. The average Bonchev–Trinajstić information content (AvgIpc) is 2.71. The molecule has 31 heavy (non-hydrogen) atoms. The first-order chi connectivity index (χ1) is 14.4. The molecule has 0 aromatic heterocycles. The number of methoxy groups -OCH3 is 1. The summed E-state index contributed by atoms with van der Waals surface area (Å²) in [4.78, 5) is 14.7. The van der Waals surface area contributed by atoms with Crippen LogP contribution in [0.3, 0.4) is 0 Å². The van der Waals surface area contributed by atoms with Crippen molar-refractivity contribution in [2.45, 2.75) is 17.6 Å². The van der Waals surface area contributed by atoms with E-state index in [4.69, 9.17) is 8.92 Å². The number of urea groups is 1. The molecule has 0 saturated carbocycles. The Kier molecular flexibility index (Phi) is 7.91. The number of rotatable bonds is 8. The Balaban J connectivity index is 2.15. The number of nitrogens with zero attached hydrogens (tertiary/aromatic N) is 2. The summed E-state index contributed by atoms with van der Waals surface area (Å²) in [6.07, 6.45) is -4.67. The highest BCUT2D eigenvalue weighted by Gasteiger charge is 2.32. The molecular formula is C20H23F3N2O5S. The summed E-state index contributed by atoms with van der Waals surface area (Å²) in [6, 6.07) is 8.98. The molecule has 0 unspecified atom stereocenters. The van der Waals surface area contributed by atoms with E-state index in [2.05, 4.69) is 0 Å². The molecule has 0 heterocycles. The summed E-state index contributed by atoms with van der Waals surface area (Å²) in [6.45, 7) is 0.951. The highest BCUT2D eigenvalue weighted by atomic mass is 32.2. The van der Waals surface area contributed by atoms with Crippen LogP contribution in [-0.2, 0) is 27.6 Å². The Morgan fingerprint density at radius 1 is 1.06 bits per heavy atom. The molecule has 170 valence electrons. The van der Waals surface area contributed by atoms with Crippen molar-refractivity contribution >= 4 is 16.1 Å². The van der Waals surface area contributed by atoms with Crippen LogP contribution in [0.2, 0.25) is 0 Å². The molecule has 0 bridgehead atoms. The third-order valence-electron chi connectivity index (χ3n) is 4.17. The summed E-state index contributed by atoms with van der Waals surface area (Å²) in [5, 5.41) is 0. The van der Waals surface area contributed by atoms with Gasteiger partial charge in [0.25, 0.3) is 0 Å². The maximum atomic E-state index is 12.8. The standard InChI is InChI=1S/C20H23F3N2O5S/c1-24(2)19(26)25(11-12-29-3)14-15-7-9-17(10-8-15)30-31(27,28)18-6-4-5-16(13-18)20(21,22)23/h4-10,13H,11-12,14H2,1-3H3. The van der Waals surface area contributed by atoms with Gasteiger partial charge >= 0.3 is 22.3 Å². The zero-order valence-electron chi connectivity index (χ0n) is 17.2. The lowest BCUT2D eigenvalue weighted by atomic mass is 10.2. The molecule has 2 aromatic rings. The molecule has 2 aromatic carbocycles. The number of benzene rings is 2. The summed E-state index contributed by atoms with van der Waals surface area (Å²) in [7, 11) is 0.312. The third kappa shape index (κ3) is 6.86. The Morgan fingerprint density at radius 2 is 1.71 bits per heavy atom. The highest BCUT2D eigenvalue weighted by molar-refractivity contribution is 7.87. The molecule has 0 atom stereocenters. The number of carbonyl (C=O) groups excluding carboxylic acids is 1. The first-order valence-corrected chi connectivity index (χ1v) is 10.5. The molecule has 0 N–H and O–H groups in total. The van der Waals surface area contributed by atoms with Crippen molar-refractivity contribution in [3.05, 3.63) is 59.7 Å². The summed E-state index contributed by atoms with van der Waals surface area (Å²) < 4.78 is 73.2. The number of alkyl halides is 3. The van der Waals surface area contributed by atoms with Gasteiger partial charge in [-0.05, 0) is 35.9 Å². The summed E-state index contributed by atoms with van der Waals surface area (Å²) in [5.74, 6) is -0.0662. The van der Waals surface area contributed by atoms with Gasteiger partial charge in [0.15, 0.2) is 0 Å². The van der Waals surface area contributed by atoms with Crippen LogP contribution in [0.25, 0.3) is 0 Å². The topological polar surface area (TPSA) is 76.1 Å². The lowest BCUT2D eigenvalue weighted by Gasteiger charge is -2.26. The fraction of sp³-hybridized carbons (Fsp3) is 0.350. The lowest BCUT2D eigenvalue weighted by molar-refractivity contribution is -0.137. The number of amides is 2. The van der Waals surface area contributed by atoms with Gasteiger partial charge in [0, 0.05) is 34.3 Å². The molecule has 0 radical (unpaired) electrons. The smallest absolute Gasteiger partial charge is 0.383 e. The molecule has 11 heteroatoms. The van der Waals surface area contributed by atoms with Gasteiger partial charge in [0.05, 0.1) is 12.2 Å². The lowest BCUT2D eigenvalue weighted by Crippen LogP contribution is -2.40. The molecule has 0 fully saturated rings. The number of carbonyl (C=O) groups is 1. The van der Waals surface area contributed by atoms with Gasteiger partial charge in [-0.1, -0.05) is 18.2 Å². The largest absolute Gasteiger partial charge is 0.416 e. The van der Waals surface area contributed by atoms with Gasteiger partial charge in [-0.15, -0.1) is 0 Å². The molecule has 0 saturated heterocycles. The number of hydrogen-bond acceptors (Lipinski definition) is 5. The minimum absolute atomic E-state index is 0.0662. The molecule has 0 aliphatic heterocycles. The first-order valence-electron chi connectivity index (χ1n) is 9.10. The van der Waals surface area contributed by atoms with E-state index < -0.39 is 26.8 Å². The fourth-order valence-corrected chi connectivity index (χ4v) is 3.58. The van der Waals surface area contributed by atoms with Gasteiger partial charge in [-0.3, -0.25) is 0 Å². The second-order valence-corrected chi connectivity index (χ2v) is 8.34. The van der Waals surface area contributed by atoms with E-state index in [1.54, 1.807) is 31.1 Å². The Labute approximate surface area is 179 Å². The van der Waals surface area contributed by atoms with E-state index in [1.807, 2.05) is 0 Å². The van der Waals surface area contributed by atoms with Crippen molar-refractivity contribution in [3.63, 3.8) is 0 Å². The molecule has 2 amide bonds. The Bertz CT molecular complexity index is 993. The highest BCUT2D eigenvalue weighted by Crippen LogP contribution is 2.31. The fourth-order valence-electron chi connectivity index (χ4n) is 2.60. The van der Waals surface area contributed by atoms with E-state index in [1.165, 1.54) is 24.1 Å². The van der Waals surface area contributed by atoms with Crippen LogP contribution in [0.5, 0.6) is 5.75 Å². The van der Waals surface area contributed by atoms with E-state index in [0.717, 1.165) is 18.2 Å². The van der Waals surface area contributed by atoms with E-state index in [-0.39, 0.29) is 18.3 Å². The number of halogens is 3. The van der Waals surface area contributed by atoms with Crippen LogP contribution in [0.4, 0.5) is 18.0 Å². The van der Waals surface area contributed by atoms with Crippen LogP contribution in [0, 0.1) is 0 Å². The zero-order chi connectivity index (χ0) is 23.2. The molecule has 0 aliphatic carbocycles. The quantitative estimate of drug-likeness (QED) is 0.563. The van der Waals surface area contributed by atoms with Gasteiger partial charge in [-0.2, -0.15) is 21.6 Å². The minimum Gasteiger partial charge on any atom is -0.383 e. The molecule has 0 spiro atoms. The van der Waals surface area contributed by atoms with Crippen molar-refractivity contribution in [1.29, 1.82) is 0 Å². The number of hydrogen-bond donors (Lipinski definition) is 0. The molecule has 2 rings (SSSR count). The van der Waals surface area contributed by atoms with Gasteiger partial charge in [0.2, 0.25) is 0 Å². The maximum absolute atomic E-state index is 12.8. The molecule has 0 aliphatic rings. The van der Waals surface area contributed by atoms with Crippen molar-refractivity contribution < 1.29 is 35.3 Å². The number of ether oxygens (including phenoxy) is 1. The van der Waals surface area contributed by atoms with Crippen LogP contribution in [0.15, 0.2) is 53.4 Å². The van der Waals surface area contributed by atoms with E-state index >= 15 is 0 Å². The monoisotopic (exact) mass is 460 g/mol. The predicted octanol–water partition coefficient (Wildman–Crippen LogP) is 3.60. The van der Waals surface area contributed by atoms with Crippen LogP contribution in [0.1, 0.15) is 11.1 Å². The average molecular weight is 460 g/mol. The SMILES string of the molecule is COCCN(Cc1ccc(OS(=O)(=O)c2cccc(C(F)(F)F)c2)cc1)C(=O)N(C)C. The zero-order valence-corrected chi connectivity index (χ0v) is 18.0. The van der Waals surface area contributed by atoms with Gasteiger partial charge < -0.3 is 18.7 Å². The second-order valence-electron chi connectivity index (χ2n) is 6.80. The van der Waals surface area contributed by atoms with Crippen LogP contribution >= 0.6 is 0 Å². The van der Waals surface area contributed by atoms with Crippen LogP contribution < -0.4 is 4.18 Å². The van der Waals surface area contributed by atoms with Crippen molar-refractivity contribution in [1.82, 2.24) is 9.80 Å².